The summed E-state index contributed by atoms with van der Waals surface area (Å²) >= 11 is 0. The first-order valence-corrected chi connectivity index (χ1v) is 5.83. The number of amides is 1. The van der Waals surface area contributed by atoms with Crippen molar-refractivity contribution >= 4 is 5.91 Å². The summed E-state index contributed by atoms with van der Waals surface area (Å²) in [5.74, 6) is -0.194. The van der Waals surface area contributed by atoms with Crippen molar-refractivity contribution in [2.45, 2.75) is 6.42 Å². The highest BCUT2D eigenvalue weighted by Crippen LogP contribution is 2.00. The van der Waals surface area contributed by atoms with Gasteiger partial charge in [0.15, 0.2) is 0 Å². The third-order valence-electron chi connectivity index (χ3n) is 2.56. The van der Waals surface area contributed by atoms with E-state index >= 15 is 0 Å². The lowest BCUT2D eigenvalue weighted by atomic mass is 10.2. The highest BCUT2D eigenvalue weighted by atomic mass is 16.1. The van der Waals surface area contributed by atoms with Gasteiger partial charge in [0.25, 0.3) is 5.91 Å². The van der Waals surface area contributed by atoms with Gasteiger partial charge in [0, 0.05) is 25.1 Å². The lowest BCUT2D eigenvalue weighted by molar-refractivity contribution is 0.0954. The molecule has 1 amide bonds. The summed E-state index contributed by atoms with van der Waals surface area (Å²) in [6.07, 6.45) is 5.61. The number of pyridine rings is 2. The zero-order valence-electron chi connectivity index (χ0n) is 10.2. The van der Waals surface area contributed by atoms with Crippen molar-refractivity contribution in [3.05, 3.63) is 59.7 Å². The highest BCUT2D eigenvalue weighted by Gasteiger charge is 2.05. The number of nitrogens with one attached hydrogen (secondary N) is 1. The molecule has 0 unspecified atom stereocenters. The van der Waals surface area contributed by atoms with Crippen molar-refractivity contribution in [1.82, 2.24) is 15.3 Å². The van der Waals surface area contributed by atoms with Crippen LogP contribution < -0.4 is 5.32 Å². The monoisotopic (exact) mass is 252 g/mol. The van der Waals surface area contributed by atoms with E-state index in [2.05, 4.69) is 15.3 Å². The fourth-order valence-electron chi connectivity index (χ4n) is 1.56. The second-order valence-electron chi connectivity index (χ2n) is 3.91. The SMILES string of the molecule is N#Cc1ccc(C(=O)NCCc2cccnc2)cn1. The fraction of sp³-hybridized carbons (Fsp3) is 0.143. The van der Waals surface area contributed by atoms with Gasteiger partial charge in [0.1, 0.15) is 11.8 Å². The molecule has 0 aromatic carbocycles. The van der Waals surface area contributed by atoms with Gasteiger partial charge in [-0.25, -0.2) is 4.98 Å². The Morgan fingerprint density at radius 3 is 2.84 bits per heavy atom. The summed E-state index contributed by atoms with van der Waals surface area (Å²) in [7, 11) is 0. The van der Waals surface area contributed by atoms with E-state index in [9.17, 15) is 4.79 Å². The van der Waals surface area contributed by atoms with Crippen molar-refractivity contribution in [2.24, 2.45) is 0 Å². The summed E-state index contributed by atoms with van der Waals surface area (Å²) in [6, 6.07) is 8.84. The number of rotatable bonds is 4. The molecule has 2 aromatic heterocycles. The van der Waals surface area contributed by atoms with E-state index in [4.69, 9.17) is 5.26 Å². The van der Waals surface area contributed by atoms with E-state index < -0.39 is 0 Å². The first-order valence-electron chi connectivity index (χ1n) is 5.83. The molecule has 0 saturated heterocycles. The molecule has 0 bridgehead atoms. The van der Waals surface area contributed by atoms with E-state index in [1.807, 2.05) is 18.2 Å². The van der Waals surface area contributed by atoms with Crippen molar-refractivity contribution in [3.8, 4) is 6.07 Å². The van der Waals surface area contributed by atoms with Gasteiger partial charge in [-0.2, -0.15) is 5.26 Å². The number of hydrogen-bond acceptors (Lipinski definition) is 4. The normalized spacial score (nSPS) is 9.63. The Morgan fingerprint density at radius 2 is 2.21 bits per heavy atom. The predicted molar refractivity (Wildman–Crippen MR) is 69.2 cm³/mol. The summed E-state index contributed by atoms with van der Waals surface area (Å²) in [4.78, 5) is 19.6. The van der Waals surface area contributed by atoms with Crippen molar-refractivity contribution in [2.75, 3.05) is 6.54 Å². The largest absolute Gasteiger partial charge is 0.352 e. The second kappa shape index (κ2) is 6.26. The van der Waals surface area contributed by atoms with Gasteiger partial charge < -0.3 is 5.32 Å². The van der Waals surface area contributed by atoms with E-state index in [1.54, 1.807) is 18.5 Å². The van der Waals surface area contributed by atoms with Crippen LogP contribution in [0.4, 0.5) is 0 Å². The van der Waals surface area contributed by atoms with E-state index in [1.165, 1.54) is 12.3 Å². The fourth-order valence-corrected chi connectivity index (χ4v) is 1.56. The molecule has 0 saturated carbocycles. The molecule has 2 heterocycles. The topological polar surface area (TPSA) is 78.7 Å². The molecule has 0 aliphatic carbocycles. The maximum absolute atomic E-state index is 11.8. The lowest BCUT2D eigenvalue weighted by Gasteiger charge is -2.04. The summed E-state index contributed by atoms with van der Waals surface area (Å²) in [6.45, 7) is 0.532. The maximum Gasteiger partial charge on any atom is 0.252 e. The summed E-state index contributed by atoms with van der Waals surface area (Å²) < 4.78 is 0. The first-order chi connectivity index (χ1) is 9.29. The second-order valence-corrected chi connectivity index (χ2v) is 3.91. The maximum atomic E-state index is 11.8. The molecular formula is C14H12N4O. The molecule has 0 fully saturated rings. The Labute approximate surface area is 110 Å². The highest BCUT2D eigenvalue weighted by molar-refractivity contribution is 5.93. The van der Waals surface area contributed by atoms with Gasteiger partial charge in [-0.1, -0.05) is 6.07 Å². The van der Waals surface area contributed by atoms with Crippen LogP contribution in [0.25, 0.3) is 0 Å². The van der Waals surface area contributed by atoms with Crippen molar-refractivity contribution in [3.63, 3.8) is 0 Å². The van der Waals surface area contributed by atoms with Crippen LogP contribution in [0.2, 0.25) is 0 Å². The van der Waals surface area contributed by atoms with E-state index in [0.29, 0.717) is 17.8 Å². The van der Waals surface area contributed by atoms with Crippen LogP contribution >= 0.6 is 0 Å². The Bertz CT molecular complexity index is 587. The third kappa shape index (κ3) is 3.61. The molecule has 5 nitrogen and oxygen atoms in total. The van der Waals surface area contributed by atoms with E-state index in [0.717, 1.165) is 12.0 Å². The first kappa shape index (κ1) is 12.7. The Kier molecular flexibility index (Phi) is 4.19. The van der Waals surface area contributed by atoms with Crippen molar-refractivity contribution in [1.29, 1.82) is 5.26 Å². The van der Waals surface area contributed by atoms with E-state index in [-0.39, 0.29) is 5.91 Å². The minimum atomic E-state index is -0.194. The van der Waals surface area contributed by atoms with Crippen molar-refractivity contribution < 1.29 is 4.79 Å². The molecule has 19 heavy (non-hydrogen) atoms. The smallest absolute Gasteiger partial charge is 0.252 e. The zero-order valence-corrected chi connectivity index (χ0v) is 10.2. The average Bonchev–Trinajstić information content (AvgIpc) is 2.48. The predicted octanol–water partition coefficient (Wildman–Crippen LogP) is 1.32. The Hall–Kier alpha value is -2.74. The van der Waals surface area contributed by atoms with Gasteiger partial charge in [-0.15, -0.1) is 0 Å². The summed E-state index contributed by atoms with van der Waals surface area (Å²) in [5.41, 5.74) is 1.82. The molecule has 2 aromatic rings. The van der Waals surface area contributed by atoms with Gasteiger partial charge in [-0.3, -0.25) is 9.78 Å². The molecule has 5 heteroatoms. The zero-order chi connectivity index (χ0) is 13.5. The van der Waals surface area contributed by atoms with Gasteiger partial charge in [0.05, 0.1) is 5.56 Å². The van der Waals surface area contributed by atoms with Crippen LogP contribution in [0, 0.1) is 11.3 Å². The molecule has 94 valence electrons. The molecule has 2 rings (SSSR count). The molecule has 0 radical (unpaired) electrons. The van der Waals surface area contributed by atoms with Gasteiger partial charge >= 0.3 is 0 Å². The molecule has 0 aliphatic heterocycles. The number of nitrogens with zero attached hydrogens (tertiary/aromatic N) is 3. The number of aromatic nitrogens is 2. The van der Waals surface area contributed by atoms with Crippen LogP contribution in [0.1, 0.15) is 21.6 Å². The number of nitriles is 1. The molecule has 0 spiro atoms. The molecule has 1 N–H and O–H groups in total. The molecule has 0 aliphatic rings. The standard InChI is InChI=1S/C14H12N4O/c15-8-13-4-3-12(10-18-13)14(19)17-7-5-11-2-1-6-16-9-11/h1-4,6,9-10H,5,7H2,(H,17,19). The minimum Gasteiger partial charge on any atom is -0.352 e. The Balaban J connectivity index is 1.86. The number of carbonyl (C=O) groups excluding carboxylic acids is 1. The van der Waals surface area contributed by atoms with Crippen LogP contribution in [0.5, 0.6) is 0 Å². The minimum absolute atomic E-state index is 0.194. The number of carbonyl (C=O) groups is 1. The molecular weight excluding hydrogens is 240 g/mol. The van der Waals surface area contributed by atoms with Crippen LogP contribution in [0.15, 0.2) is 42.9 Å². The van der Waals surface area contributed by atoms with Crippen LogP contribution in [-0.4, -0.2) is 22.4 Å². The third-order valence-corrected chi connectivity index (χ3v) is 2.56. The Morgan fingerprint density at radius 1 is 1.32 bits per heavy atom. The number of hydrogen-bond donors (Lipinski definition) is 1. The summed E-state index contributed by atoms with van der Waals surface area (Å²) in [5, 5.41) is 11.4. The van der Waals surface area contributed by atoms with Gasteiger partial charge in [0.2, 0.25) is 0 Å². The average molecular weight is 252 g/mol. The van der Waals surface area contributed by atoms with Crippen LogP contribution in [-0.2, 0) is 6.42 Å². The lowest BCUT2D eigenvalue weighted by Crippen LogP contribution is -2.25. The molecule has 0 atom stereocenters. The van der Waals surface area contributed by atoms with Crippen LogP contribution in [0.3, 0.4) is 0 Å². The quantitative estimate of drug-likeness (QED) is 0.890. The van der Waals surface area contributed by atoms with Gasteiger partial charge in [-0.05, 0) is 30.2 Å².